The van der Waals surface area contributed by atoms with Crippen LogP contribution in [0.2, 0.25) is 0 Å². The molecule has 4 rings (SSSR count). The lowest BCUT2D eigenvalue weighted by molar-refractivity contribution is -0.451. The topological polar surface area (TPSA) is 235 Å². The Morgan fingerprint density at radius 1 is 0.719 bits per heavy atom. The van der Waals surface area contributed by atoms with Crippen molar-refractivity contribution in [1.29, 1.82) is 0 Å². The van der Waals surface area contributed by atoms with E-state index in [1.807, 2.05) is 18.2 Å². The summed E-state index contributed by atoms with van der Waals surface area (Å²) in [4.78, 5) is 44.6. The van der Waals surface area contributed by atoms with E-state index in [1.165, 1.54) is 0 Å². The molecule has 0 spiro atoms. The molecule has 162 valence electrons. The molecule has 0 atom stereocenters. The summed E-state index contributed by atoms with van der Waals surface area (Å²) in [6.07, 6.45) is 6.93. The van der Waals surface area contributed by atoms with Crippen molar-refractivity contribution >= 4 is 34.8 Å². The van der Waals surface area contributed by atoms with Gasteiger partial charge in [-0.3, -0.25) is 45.4 Å². The Balaban J connectivity index is 0.000000208. The fraction of sp³-hybridized carbons (Fsp3) is 0. The fourth-order valence-corrected chi connectivity index (χ4v) is 2.11. The number of nitro groups is 4. The highest BCUT2D eigenvalue weighted by Crippen LogP contribution is 2.42. The highest BCUT2D eigenvalue weighted by Gasteiger charge is 2.43. The summed E-state index contributed by atoms with van der Waals surface area (Å²) in [5, 5.41) is 52.8. The van der Waals surface area contributed by atoms with Gasteiger partial charge in [-0.05, 0) is 23.4 Å². The van der Waals surface area contributed by atoms with Crippen LogP contribution < -0.4 is 0 Å². The first kappa shape index (κ1) is 22.9. The lowest BCUT2D eigenvalue weighted by Crippen LogP contribution is -2.04. The predicted octanol–water partition coefficient (Wildman–Crippen LogP) is 3.14. The highest BCUT2D eigenvalue weighted by atomic mass is 16.7. The zero-order valence-electron chi connectivity index (χ0n) is 15.5. The number of pyridine rings is 1. The van der Waals surface area contributed by atoms with Crippen LogP contribution in [0, 0.1) is 40.5 Å². The first-order valence-electron chi connectivity index (χ1n) is 8.07. The van der Waals surface area contributed by atoms with Crippen LogP contribution in [-0.2, 0) is 0 Å². The number of hydrogen-bond acceptors (Lipinski definition) is 13. The largest absolute Gasteiger partial charge is 0.429 e. The monoisotopic (exact) mass is 443 g/mol. The number of rotatable bonds is 4. The van der Waals surface area contributed by atoms with Crippen molar-refractivity contribution in [2.45, 2.75) is 0 Å². The summed E-state index contributed by atoms with van der Waals surface area (Å²) in [7, 11) is 0. The number of benzene rings is 1. The van der Waals surface area contributed by atoms with E-state index in [0.29, 0.717) is 18.0 Å². The van der Waals surface area contributed by atoms with Crippen LogP contribution in [-0.4, -0.2) is 36.7 Å². The normalized spacial score (nSPS) is 12.2. The summed E-state index contributed by atoms with van der Waals surface area (Å²) >= 11 is 0. The highest BCUT2D eigenvalue weighted by molar-refractivity contribution is 6.11. The van der Waals surface area contributed by atoms with Gasteiger partial charge in [-0.25, -0.2) is 4.99 Å². The van der Waals surface area contributed by atoms with E-state index in [-0.39, 0.29) is 0 Å². The molecule has 17 nitrogen and oxygen atoms in total. The van der Waals surface area contributed by atoms with E-state index in [4.69, 9.17) is 0 Å². The number of allylic oxidation sites excluding steroid dienone is 1. The van der Waals surface area contributed by atoms with Crippen LogP contribution in [0.4, 0.5) is 22.7 Å². The van der Waals surface area contributed by atoms with Crippen LogP contribution in [0.15, 0.2) is 74.9 Å². The molecule has 17 heteroatoms. The Hall–Kier alpha value is -5.35. The third-order valence-corrected chi connectivity index (χ3v) is 3.38. The standard InChI is InChI=1S/C6H2N4O8.C5H5N.C4H2N4/c11-7(12)3-1-2-4(8(13)14)6(10(17)18)5(3)9(15)16;1-2-4-6-5-3-1;1-2-5-4-3(1)6-8-7-4/h1-2H;1-5H;1-2H. The van der Waals surface area contributed by atoms with Crippen molar-refractivity contribution < 1.29 is 19.7 Å². The van der Waals surface area contributed by atoms with Gasteiger partial charge in [0.25, 0.3) is 0 Å². The smallest absolute Gasteiger partial charge is 0.265 e. The zero-order chi connectivity index (χ0) is 23.7. The molecule has 1 aromatic heterocycles. The van der Waals surface area contributed by atoms with Gasteiger partial charge in [0.15, 0.2) is 0 Å². The molecule has 2 aliphatic heterocycles. The van der Waals surface area contributed by atoms with Gasteiger partial charge in [-0.1, -0.05) is 6.07 Å². The van der Waals surface area contributed by atoms with Gasteiger partial charge in [0.05, 0.1) is 19.7 Å². The molecule has 0 aliphatic carbocycles. The molecule has 0 saturated carbocycles. The predicted molar refractivity (Wildman–Crippen MR) is 106 cm³/mol. The van der Waals surface area contributed by atoms with Crippen molar-refractivity contribution in [2.75, 3.05) is 0 Å². The number of fused-ring (bicyclic) bond motifs is 1. The molecule has 3 heterocycles. The number of amidine groups is 1. The first-order valence-corrected chi connectivity index (χ1v) is 8.07. The molecule has 0 N–H and O–H groups in total. The zero-order valence-corrected chi connectivity index (χ0v) is 15.5. The third kappa shape index (κ3) is 5.59. The van der Waals surface area contributed by atoms with Crippen LogP contribution in [0.1, 0.15) is 0 Å². The molecule has 32 heavy (non-hydrogen) atoms. The van der Waals surface area contributed by atoms with Crippen molar-refractivity contribution in [3.05, 3.63) is 95.0 Å². The average Bonchev–Trinajstić information content (AvgIpc) is 3.40. The van der Waals surface area contributed by atoms with Crippen LogP contribution >= 0.6 is 0 Å². The summed E-state index contributed by atoms with van der Waals surface area (Å²) in [6, 6.07) is 6.67. The Morgan fingerprint density at radius 2 is 1.25 bits per heavy atom. The summed E-state index contributed by atoms with van der Waals surface area (Å²) < 4.78 is 0. The van der Waals surface area contributed by atoms with Gasteiger partial charge < -0.3 is 0 Å². The van der Waals surface area contributed by atoms with E-state index in [9.17, 15) is 40.5 Å². The maximum Gasteiger partial charge on any atom is 0.429 e. The second-order valence-electron chi connectivity index (χ2n) is 5.30. The summed E-state index contributed by atoms with van der Waals surface area (Å²) in [6.45, 7) is 0. The Labute approximate surface area is 175 Å². The second kappa shape index (κ2) is 10.4. The van der Waals surface area contributed by atoms with Gasteiger partial charge in [0.2, 0.25) is 5.84 Å². The Morgan fingerprint density at radius 3 is 1.59 bits per heavy atom. The number of aliphatic imine (C=N–C) groups is 1. The van der Waals surface area contributed by atoms with E-state index in [0.717, 1.165) is 5.70 Å². The van der Waals surface area contributed by atoms with Crippen molar-refractivity contribution in [3.8, 4) is 0 Å². The van der Waals surface area contributed by atoms with Gasteiger partial charge in [0, 0.05) is 30.7 Å². The molecule has 1 aromatic carbocycles. The third-order valence-electron chi connectivity index (χ3n) is 3.38. The van der Waals surface area contributed by atoms with E-state index in [1.54, 1.807) is 24.7 Å². The molecular formula is C15H9N9O8. The molecule has 2 aliphatic rings. The minimum Gasteiger partial charge on any atom is -0.265 e. The maximum atomic E-state index is 10.6. The van der Waals surface area contributed by atoms with Gasteiger partial charge >= 0.3 is 22.7 Å². The van der Waals surface area contributed by atoms with E-state index < -0.39 is 42.4 Å². The van der Waals surface area contributed by atoms with Crippen molar-refractivity contribution in [1.82, 2.24) is 4.98 Å². The SMILES string of the molecule is C1=NC2=NN=NC2=C1.O=[N+]([O-])c1ccc([N+](=O)[O-])c([N+](=O)[O-])c1[N+](=O)[O-].c1ccncc1. The van der Waals surface area contributed by atoms with Crippen LogP contribution in [0.25, 0.3) is 0 Å². The number of nitro benzene ring substituents is 4. The lowest BCUT2D eigenvalue weighted by Gasteiger charge is -1.97. The lowest BCUT2D eigenvalue weighted by atomic mass is 10.2. The fourth-order valence-electron chi connectivity index (χ4n) is 2.11. The molecule has 0 radical (unpaired) electrons. The molecule has 0 saturated heterocycles. The minimum absolute atomic E-state index is 0.475. The summed E-state index contributed by atoms with van der Waals surface area (Å²) in [5.74, 6) is 0.630. The summed E-state index contributed by atoms with van der Waals surface area (Å²) in [5.41, 5.74) is -4.63. The molecule has 0 fully saturated rings. The maximum absolute atomic E-state index is 10.6. The van der Waals surface area contributed by atoms with Crippen LogP contribution in [0.5, 0.6) is 0 Å². The molecule has 0 amide bonds. The second-order valence-corrected chi connectivity index (χ2v) is 5.30. The minimum atomic E-state index is -1.51. The Bertz CT molecular complexity index is 1090. The number of hydrogen-bond donors (Lipinski definition) is 0. The van der Waals surface area contributed by atoms with Crippen LogP contribution in [0.3, 0.4) is 0 Å². The molecular weight excluding hydrogens is 434 g/mol. The molecule has 0 bridgehead atoms. The molecule has 2 aromatic rings. The van der Waals surface area contributed by atoms with Gasteiger partial charge in [-0.15, -0.1) is 10.2 Å². The van der Waals surface area contributed by atoms with E-state index in [2.05, 4.69) is 25.4 Å². The average molecular weight is 443 g/mol. The van der Waals surface area contributed by atoms with Crippen molar-refractivity contribution in [2.24, 2.45) is 20.4 Å². The number of nitrogens with zero attached hydrogens (tertiary/aromatic N) is 9. The van der Waals surface area contributed by atoms with Gasteiger partial charge in [-0.2, -0.15) is 0 Å². The van der Waals surface area contributed by atoms with E-state index >= 15 is 0 Å². The van der Waals surface area contributed by atoms with Gasteiger partial charge in [0.1, 0.15) is 5.70 Å². The molecule has 0 unspecified atom stereocenters. The number of aromatic nitrogens is 1. The Kier molecular flexibility index (Phi) is 7.48. The van der Waals surface area contributed by atoms with Crippen molar-refractivity contribution in [3.63, 3.8) is 0 Å². The quantitative estimate of drug-likeness (QED) is 0.497. The first-order chi connectivity index (χ1) is 15.2.